The van der Waals surface area contributed by atoms with Gasteiger partial charge in [-0.05, 0) is 30.9 Å². The van der Waals surface area contributed by atoms with Crippen molar-refractivity contribution in [2.75, 3.05) is 30.3 Å². The number of carboxylic acid groups (broad SMARTS) is 1. The molecule has 1 aliphatic rings. The number of rotatable bonds is 7. The third-order valence-corrected chi connectivity index (χ3v) is 5.88. The fourth-order valence-electron chi connectivity index (χ4n) is 3.36. The summed E-state index contributed by atoms with van der Waals surface area (Å²) in [7, 11) is 0. The second kappa shape index (κ2) is 9.99. The molecule has 1 fully saturated rings. The molecule has 0 radical (unpaired) electrons. The Morgan fingerprint density at radius 1 is 1.23 bits per heavy atom. The smallest absolute Gasteiger partial charge is 0.418 e. The molecule has 2 aromatic rings. The first-order chi connectivity index (χ1) is 14.7. The number of hydrogen-bond donors (Lipinski definition) is 3. The van der Waals surface area contributed by atoms with Crippen molar-refractivity contribution in [1.82, 2.24) is 9.88 Å². The number of anilines is 2. The van der Waals surface area contributed by atoms with Crippen LogP contribution >= 0.6 is 11.3 Å². The molecule has 2 heterocycles. The maximum atomic E-state index is 13.1. The van der Waals surface area contributed by atoms with Gasteiger partial charge >= 0.3 is 18.2 Å². The monoisotopic (exact) mass is 456 g/mol. The Hall–Kier alpha value is -2.82. The Balaban J connectivity index is 1.45. The van der Waals surface area contributed by atoms with Gasteiger partial charge in [0.1, 0.15) is 0 Å². The number of thiazole rings is 1. The van der Waals surface area contributed by atoms with Crippen molar-refractivity contribution >= 4 is 34.2 Å². The predicted octanol–water partition coefficient (Wildman–Crippen LogP) is 4.54. The van der Waals surface area contributed by atoms with Crippen molar-refractivity contribution in [3.8, 4) is 0 Å². The molecule has 31 heavy (non-hydrogen) atoms. The summed E-state index contributed by atoms with van der Waals surface area (Å²) in [4.78, 5) is 28.9. The normalized spacial score (nSPS) is 15.0. The third kappa shape index (κ3) is 6.58. The number of amides is 2. The van der Waals surface area contributed by atoms with Crippen LogP contribution in [0.1, 0.15) is 30.5 Å². The summed E-state index contributed by atoms with van der Waals surface area (Å²) in [5.74, 6) is -0.745. The van der Waals surface area contributed by atoms with Gasteiger partial charge in [0, 0.05) is 37.1 Å². The lowest BCUT2D eigenvalue weighted by Gasteiger charge is -2.32. The highest BCUT2D eigenvalue weighted by Crippen LogP contribution is 2.34. The Morgan fingerprint density at radius 2 is 1.94 bits per heavy atom. The van der Waals surface area contributed by atoms with Crippen LogP contribution in [0.4, 0.5) is 28.8 Å². The Labute approximate surface area is 181 Å². The van der Waals surface area contributed by atoms with E-state index in [4.69, 9.17) is 5.11 Å². The Morgan fingerprint density at radius 3 is 2.61 bits per heavy atom. The summed E-state index contributed by atoms with van der Waals surface area (Å²) in [5.41, 5.74) is 0.00208. The van der Waals surface area contributed by atoms with Crippen LogP contribution in [0.2, 0.25) is 0 Å². The summed E-state index contributed by atoms with van der Waals surface area (Å²) in [5, 5.41) is 16.5. The maximum absolute atomic E-state index is 13.1. The molecule has 0 aliphatic carbocycles. The van der Waals surface area contributed by atoms with E-state index in [9.17, 15) is 22.8 Å². The number of likely N-dealkylation sites (tertiary alicyclic amines) is 1. The van der Waals surface area contributed by atoms with Gasteiger partial charge in [-0.2, -0.15) is 13.2 Å². The number of hydrogen-bond acceptors (Lipinski definition) is 5. The number of para-hydroxylation sites is 1. The summed E-state index contributed by atoms with van der Waals surface area (Å²) in [6.07, 6.45) is -2.77. The van der Waals surface area contributed by atoms with Crippen LogP contribution in [-0.4, -0.2) is 46.6 Å². The molecule has 1 aliphatic heterocycles. The van der Waals surface area contributed by atoms with E-state index in [1.807, 2.05) is 0 Å². The van der Waals surface area contributed by atoms with Crippen molar-refractivity contribution < 1.29 is 27.9 Å². The van der Waals surface area contributed by atoms with Crippen molar-refractivity contribution in [2.45, 2.75) is 31.9 Å². The number of aryl methyl sites for hydroxylation is 1. The van der Waals surface area contributed by atoms with E-state index in [1.165, 1.54) is 23.5 Å². The average molecular weight is 456 g/mol. The molecule has 1 saturated heterocycles. The number of carbonyl (C=O) groups is 2. The van der Waals surface area contributed by atoms with Crippen LogP contribution in [-0.2, 0) is 17.4 Å². The molecule has 3 N–H and O–H groups in total. The van der Waals surface area contributed by atoms with Crippen LogP contribution in [0.3, 0.4) is 0 Å². The van der Waals surface area contributed by atoms with Crippen LogP contribution < -0.4 is 10.6 Å². The van der Waals surface area contributed by atoms with Crippen molar-refractivity contribution in [3.63, 3.8) is 0 Å². The van der Waals surface area contributed by atoms with E-state index in [1.54, 1.807) is 16.3 Å². The van der Waals surface area contributed by atoms with E-state index in [-0.39, 0.29) is 24.1 Å². The van der Waals surface area contributed by atoms with E-state index in [2.05, 4.69) is 15.6 Å². The van der Waals surface area contributed by atoms with Crippen molar-refractivity contribution in [1.29, 1.82) is 0 Å². The first-order valence-corrected chi connectivity index (χ1v) is 10.7. The van der Waals surface area contributed by atoms with E-state index < -0.39 is 17.7 Å². The minimum absolute atomic E-state index is 0.0217. The summed E-state index contributed by atoms with van der Waals surface area (Å²) in [6, 6.07) is 5.12. The molecule has 0 bridgehead atoms. The number of nitrogens with zero attached hydrogens (tertiary/aromatic N) is 2. The van der Waals surface area contributed by atoms with E-state index in [0.717, 1.165) is 6.07 Å². The highest BCUT2D eigenvalue weighted by Gasteiger charge is 2.33. The summed E-state index contributed by atoms with van der Waals surface area (Å²) < 4.78 is 39.3. The van der Waals surface area contributed by atoms with Crippen LogP contribution in [0.15, 0.2) is 29.6 Å². The molecule has 1 aromatic carbocycles. The highest BCUT2D eigenvalue weighted by atomic mass is 32.1. The zero-order chi connectivity index (χ0) is 22.4. The second-order valence-electron chi connectivity index (χ2n) is 7.32. The minimum atomic E-state index is -4.41. The fourth-order valence-corrected chi connectivity index (χ4v) is 4.10. The number of alkyl halides is 3. The minimum Gasteiger partial charge on any atom is -0.481 e. The van der Waals surface area contributed by atoms with E-state index >= 15 is 0 Å². The molecule has 0 spiro atoms. The third-order valence-electron chi connectivity index (χ3n) is 5.08. The van der Waals surface area contributed by atoms with Gasteiger partial charge in [-0.25, -0.2) is 9.78 Å². The summed E-state index contributed by atoms with van der Waals surface area (Å²) in [6.45, 7) is 1.40. The Kier molecular flexibility index (Phi) is 7.37. The molecule has 2 amide bonds. The quantitative estimate of drug-likeness (QED) is 0.569. The molecule has 0 saturated carbocycles. The number of carboxylic acids is 1. The summed E-state index contributed by atoms with van der Waals surface area (Å²) >= 11 is 1.24. The SMILES string of the molecule is O=C(O)CCc1csc(NC(=O)N2CCC(CNc3ccccc3C(F)(F)F)CC2)n1. The number of benzene rings is 1. The average Bonchev–Trinajstić information content (AvgIpc) is 3.18. The second-order valence-corrected chi connectivity index (χ2v) is 8.18. The van der Waals surface area contributed by atoms with Gasteiger partial charge in [-0.3, -0.25) is 10.1 Å². The molecule has 0 atom stereocenters. The zero-order valence-electron chi connectivity index (χ0n) is 16.6. The van der Waals surface area contributed by atoms with Crippen molar-refractivity contribution in [3.05, 3.63) is 40.9 Å². The number of urea groups is 1. The first-order valence-electron chi connectivity index (χ1n) is 9.84. The van der Waals surface area contributed by atoms with Gasteiger partial charge in [0.25, 0.3) is 0 Å². The molecular weight excluding hydrogens is 433 g/mol. The van der Waals surface area contributed by atoms with E-state index in [0.29, 0.717) is 49.7 Å². The first kappa shape index (κ1) is 22.9. The number of halogens is 3. The number of aromatic nitrogens is 1. The number of piperidine rings is 1. The lowest BCUT2D eigenvalue weighted by atomic mass is 9.96. The number of aliphatic carboxylic acids is 1. The lowest BCUT2D eigenvalue weighted by molar-refractivity contribution is -0.137. The van der Waals surface area contributed by atoms with Crippen LogP contribution in [0.5, 0.6) is 0 Å². The van der Waals surface area contributed by atoms with Gasteiger partial charge in [0.15, 0.2) is 5.13 Å². The molecule has 0 unspecified atom stereocenters. The zero-order valence-corrected chi connectivity index (χ0v) is 17.4. The van der Waals surface area contributed by atoms with Crippen LogP contribution in [0.25, 0.3) is 0 Å². The molecular formula is C20H23F3N4O3S. The van der Waals surface area contributed by atoms with Crippen molar-refractivity contribution in [2.24, 2.45) is 5.92 Å². The van der Waals surface area contributed by atoms with Gasteiger partial charge in [0.2, 0.25) is 0 Å². The molecule has 1 aromatic heterocycles. The molecule has 7 nitrogen and oxygen atoms in total. The Bertz CT molecular complexity index is 911. The lowest BCUT2D eigenvalue weighted by Crippen LogP contribution is -2.42. The van der Waals surface area contributed by atoms with Gasteiger partial charge < -0.3 is 15.3 Å². The van der Waals surface area contributed by atoms with Crippen LogP contribution in [0, 0.1) is 5.92 Å². The fraction of sp³-hybridized carbons (Fsp3) is 0.450. The topological polar surface area (TPSA) is 94.6 Å². The molecule has 11 heteroatoms. The number of nitrogens with one attached hydrogen (secondary N) is 2. The predicted molar refractivity (Wildman–Crippen MR) is 111 cm³/mol. The largest absolute Gasteiger partial charge is 0.481 e. The number of carbonyl (C=O) groups excluding carboxylic acids is 1. The maximum Gasteiger partial charge on any atom is 0.418 e. The van der Waals surface area contributed by atoms with Gasteiger partial charge in [-0.1, -0.05) is 12.1 Å². The van der Waals surface area contributed by atoms with Gasteiger partial charge in [0.05, 0.1) is 17.7 Å². The molecule has 3 rings (SSSR count). The highest BCUT2D eigenvalue weighted by molar-refractivity contribution is 7.13. The molecule has 168 valence electrons. The standard InChI is InChI=1S/C20H23F3N4O3S/c21-20(22,23)15-3-1-2-4-16(15)24-11-13-7-9-27(10-8-13)19(30)26-18-25-14(12-31-18)5-6-17(28)29/h1-4,12-13,24H,5-11H2,(H,28,29)(H,25,26,30). The van der Waals surface area contributed by atoms with Gasteiger partial charge in [-0.15, -0.1) is 11.3 Å².